The summed E-state index contributed by atoms with van der Waals surface area (Å²) in [6.07, 6.45) is 3.73. The van der Waals surface area contributed by atoms with Crippen LogP contribution in [0.4, 0.5) is 5.82 Å². The number of carbonyl (C=O) groups is 1. The third kappa shape index (κ3) is 2.26. The summed E-state index contributed by atoms with van der Waals surface area (Å²) in [4.78, 5) is 12.2. The summed E-state index contributed by atoms with van der Waals surface area (Å²) < 4.78 is 3.50. The topological polar surface area (TPSA) is 77.6 Å². The SMILES string of the molecule is O=C(Nc1cc2n(n1)CCC2)c1cn(-c2ccccc2)nn1. The summed E-state index contributed by atoms with van der Waals surface area (Å²) in [6.45, 7) is 0.912. The predicted molar refractivity (Wildman–Crippen MR) is 79.9 cm³/mol. The smallest absolute Gasteiger partial charge is 0.279 e. The van der Waals surface area contributed by atoms with Crippen molar-refractivity contribution in [2.45, 2.75) is 19.4 Å². The van der Waals surface area contributed by atoms with Gasteiger partial charge in [-0.1, -0.05) is 23.4 Å². The van der Waals surface area contributed by atoms with Gasteiger partial charge in [-0.3, -0.25) is 9.48 Å². The minimum atomic E-state index is -0.307. The van der Waals surface area contributed by atoms with E-state index in [1.54, 1.807) is 10.9 Å². The molecule has 7 heteroatoms. The van der Waals surface area contributed by atoms with Gasteiger partial charge in [0, 0.05) is 18.3 Å². The molecule has 0 fully saturated rings. The molecule has 1 aromatic carbocycles. The number of aryl methyl sites for hydroxylation is 2. The molecule has 1 N–H and O–H groups in total. The van der Waals surface area contributed by atoms with Crippen LogP contribution in [0, 0.1) is 0 Å². The molecule has 0 saturated carbocycles. The van der Waals surface area contributed by atoms with Crippen molar-refractivity contribution in [1.29, 1.82) is 0 Å². The molecule has 0 saturated heterocycles. The van der Waals surface area contributed by atoms with Gasteiger partial charge in [-0.25, -0.2) is 4.68 Å². The standard InChI is InChI=1S/C15H14N6O/c22-15(16-14-9-12-7-4-8-20(12)18-14)13-10-21(19-17-13)11-5-2-1-3-6-11/h1-3,5-6,9-10H,4,7-8H2,(H,16,18,22). The Morgan fingerprint density at radius 3 is 2.91 bits per heavy atom. The largest absolute Gasteiger partial charge is 0.304 e. The van der Waals surface area contributed by atoms with Crippen molar-refractivity contribution in [1.82, 2.24) is 24.8 Å². The molecule has 3 heterocycles. The van der Waals surface area contributed by atoms with E-state index in [9.17, 15) is 4.79 Å². The average Bonchev–Trinajstić information content (AvgIpc) is 3.23. The minimum absolute atomic E-state index is 0.261. The van der Waals surface area contributed by atoms with Crippen LogP contribution in [0.5, 0.6) is 0 Å². The van der Waals surface area contributed by atoms with E-state index in [-0.39, 0.29) is 11.6 Å². The fourth-order valence-corrected chi connectivity index (χ4v) is 2.58. The molecule has 2 aromatic heterocycles. The molecular formula is C15H14N6O. The molecule has 0 unspecified atom stereocenters. The Labute approximate surface area is 126 Å². The van der Waals surface area contributed by atoms with Gasteiger partial charge in [-0.05, 0) is 25.0 Å². The maximum Gasteiger partial charge on any atom is 0.279 e. The summed E-state index contributed by atoms with van der Waals surface area (Å²) >= 11 is 0. The number of hydrogen-bond donors (Lipinski definition) is 1. The first-order chi connectivity index (χ1) is 10.8. The maximum atomic E-state index is 12.2. The van der Waals surface area contributed by atoms with Gasteiger partial charge < -0.3 is 5.32 Å². The molecule has 0 atom stereocenters. The van der Waals surface area contributed by atoms with E-state index in [0.29, 0.717) is 5.82 Å². The Hall–Kier alpha value is -2.96. The fourth-order valence-electron chi connectivity index (χ4n) is 2.58. The maximum absolute atomic E-state index is 12.2. The number of fused-ring (bicyclic) bond motifs is 1. The fraction of sp³-hybridized carbons (Fsp3) is 0.200. The zero-order chi connectivity index (χ0) is 14.9. The number of amides is 1. The normalized spacial score (nSPS) is 13.1. The summed E-state index contributed by atoms with van der Waals surface area (Å²) in [5.41, 5.74) is 2.27. The monoisotopic (exact) mass is 294 g/mol. The van der Waals surface area contributed by atoms with Crippen molar-refractivity contribution in [3.63, 3.8) is 0 Å². The van der Waals surface area contributed by atoms with Crippen LogP contribution in [0.3, 0.4) is 0 Å². The number of rotatable bonds is 3. The summed E-state index contributed by atoms with van der Waals surface area (Å²) in [5, 5.41) is 15.0. The van der Waals surface area contributed by atoms with Crippen LogP contribution >= 0.6 is 0 Å². The second-order valence-electron chi connectivity index (χ2n) is 5.19. The van der Waals surface area contributed by atoms with Gasteiger partial charge in [0.25, 0.3) is 5.91 Å². The van der Waals surface area contributed by atoms with Crippen LogP contribution in [0.15, 0.2) is 42.6 Å². The van der Waals surface area contributed by atoms with Gasteiger partial charge in [-0.15, -0.1) is 5.10 Å². The average molecular weight is 294 g/mol. The number of benzene rings is 1. The van der Waals surface area contributed by atoms with Crippen molar-refractivity contribution in [3.8, 4) is 5.69 Å². The van der Waals surface area contributed by atoms with Crippen molar-refractivity contribution in [3.05, 3.63) is 54.0 Å². The number of nitrogens with one attached hydrogen (secondary N) is 1. The van der Waals surface area contributed by atoms with E-state index in [1.165, 1.54) is 0 Å². The highest BCUT2D eigenvalue weighted by Crippen LogP contribution is 2.18. The lowest BCUT2D eigenvalue weighted by Gasteiger charge is -1.99. The lowest BCUT2D eigenvalue weighted by molar-refractivity contribution is 0.102. The second kappa shape index (κ2) is 5.10. The van der Waals surface area contributed by atoms with E-state index >= 15 is 0 Å². The summed E-state index contributed by atoms with van der Waals surface area (Å²) in [6, 6.07) is 11.4. The van der Waals surface area contributed by atoms with Gasteiger partial charge in [0.15, 0.2) is 11.5 Å². The molecule has 110 valence electrons. The first-order valence-electron chi connectivity index (χ1n) is 7.15. The molecule has 7 nitrogen and oxygen atoms in total. The molecule has 1 aliphatic heterocycles. The molecule has 0 spiro atoms. The van der Waals surface area contributed by atoms with Gasteiger partial charge in [-0.2, -0.15) is 5.10 Å². The number of anilines is 1. The van der Waals surface area contributed by atoms with Crippen molar-refractivity contribution in [2.24, 2.45) is 0 Å². The summed E-state index contributed by atoms with van der Waals surface area (Å²) in [7, 11) is 0. The molecule has 4 rings (SSSR count). The molecule has 0 radical (unpaired) electrons. The number of hydrogen-bond acceptors (Lipinski definition) is 4. The predicted octanol–water partition coefficient (Wildman–Crippen LogP) is 1.66. The second-order valence-corrected chi connectivity index (χ2v) is 5.19. The minimum Gasteiger partial charge on any atom is -0.304 e. The molecule has 1 amide bonds. The lowest BCUT2D eigenvalue weighted by Crippen LogP contribution is -2.13. The molecule has 0 bridgehead atoms. The third-order valence-corrected chi connectivity index (χ3v) is 3.65. The van der Waals surface area contributed by atoms with E-state index in [4.69, 9.17) is 0 Å². The lowest BCUT2D eigenvalue weighted by atomic mass is 10.3. The highest BCUT2D eigenvalue weighted by Gasteiger charge is 2.17. The molecular weight excluding hydrogens is 280 g/mol. The number of nitrogens with zero attached hydrogens (tertiary/aromatic N) is 5. The number of carbonyl (C=O) groups excluding carboxylic acids is 1. The molecule has 1 aliphatic rings. The third-order valence-electron chi connectivity index (χ3n) is 3.65. The quantitative estimate of drug-likeness (QED) is 0.797. The molecule has 3 aromatic rings. The zero-order valence-corrected chi connectivity index (χ0v) is 11.8. The Morgan fingerprint density at radius 1 is 1.23 bits per heavy atom. The van der Waals surface area contributed by atoms with Crippen molar-refractivity contribution in [2.75, 3.05) is 5.32 Å². The van der Waals surface area contributed by atoms with E-state index < -0.39 is 0 Å². The number of para-hydroxylation sites is 1. The van der Waals surface area contributed by atoms with Crippen LogP contribution in [0.1, 0.15) is 22.6 Å². The van der Waals surface area contributed by atoms with E-state index in [0.717, 1.165) is 30.8 Å². The van der Waals surface area contributed by atoms with Crippen LogP contribution in [0.2, 0.25) is 0 Å². The van der Waals surface area contributed by atoms with Crippen LogP contribution in [0.25, 0.3) is 5.69 Å². The van der Waals surface area contributed by atoms with Crippen LogP contribution in [-0.2, 0) is 13.0 Å². The Kier molecular flexibility index (Phi) is 2.96. The van der Waals surface area contributed by atoms with Gasteiger partial charge in [0.05, 0.1) is 11.9 Å². The van der Waals surface area contributed by atoms with E-state index in [2.05, 4.69) is 20.7 Å². The van der Waals surface area contributed by atoms with Crippen molar-refractivity contribution >= 4 is 11.7 Å². The highest BCUT2D eigenvalue weighted by atomic mass is 16.2. The van der Waals surface area contributed by atoms with Gasteiger partial charge >= 0.3 is 0 Å². The zero-order valence-electron chi connectivity index (χ0n) is 11.8. The van der Waals surface area contributed by atoms with Crippen molar-refractivity contribution < 1.29 is 4.79 Å². The Morgan fingerprint density at radius 2 is 2.09 bits per heavy atom. The van der Waals surface area contributed by atoms with Crippen LogP contribution in [-0.4, -0.2) is 30.7 Å². The first-order valence-corrected chi connectivity index (χ1v) is 7.15. The van der Waals surface area contributed by atoms with E-state index in [1.807, 2.05) is 41.1 Å². The first kappa shape index (κ1) is 12.8. The van der Waals surface area contributed by atoms with Gasteiger partial charge in [0.1, 0.15) is 0 Å². The summed E-state index contributed by atoms with van der Waals surface area (Å²) in [5.74, 6) is 0.257. The molecule has 0 aliphatic carbocycles. The van der Waals surface area contributed by atoms with Crippen LogP contribution < -0.4 is 5.32 Å². The molecule has 22 heavy (non-hydrogen) atoms. The van der Waals surface area contributed by atoms with Gasteiger partial charge in [0.2, 0.25) is 0 Å². The highest BCUT2D eigenvalue weighted by molar-refractivity contribution is 6.02. The number of aromatic nitrogens is 5. The Balaban J connectivity index is 1.52. The Bertz CT molecular complexity index is 798.